The van der Waals surface area contributed by atoms with E-state index in [2.05, 4.69) is 4.99 Å². The van der Waals surface area contributed by atoms with Crippen molar-refractivity contribution in [3.8, 4) is 0 Å². The van der Waals surface area contributed by atoms with Crippen LogP contribution in [0.3, 0.4) is 0 Å². The standard InChI is InChI=1S/C18H14ClFN2O3S/c19-12-3-1-11(2-4-12)10-22-16(23)9-15(17(24)25)26-18(22)21-14-7-5-13(20)6-8-14/h1-8,15H,9-10H2,(H,24,25)/p-1/t15-/m0/s1. The minimum atomic E-state index is -1.32. The van der Waals surface area contributed by atoms with Crippen LogP contribution in [0.4, 0.5) is 10.1 Å². The molecule has 1 fully saturated rings. The van der Waals surface area contributed by atoms with Crippen LogP contribution in [0.15, 0.2) is 53.5 Å². The van der Waals surface area contributed by atoms with Crippen LogP contribution in [-0.4, -0.2) is 27.2 Å². The lowest BCUT2D eigenvalue weighted by Gasteiger charge is -2.32. The van der Waals surface area contributed by atoms with Gasteiger partial charge >= 0.3 is 0 Å². The van der Waals surface area contributed by atoms with E-state index in [1.807, 2.05) is 0 Å². The van der Waals surface area contributed by atoms with Gasteiger partial charge in [-0.3, -0.25) is 9.69 Å². The number of amidine groups is 1. The summed E-state index contributed by atoms with van der Waals surface area (Å²) in [5.74, 6) is -2.10. The molecule has 134 valence electrons. The number of carboxylic acid groups (broad SMARTS) is 1. The summed E-state index contributed by atoms with van der Waals surface area (Å²) in [7, 11) is 0. The molecule has 1 amide bonds. The third-order valence-electron chi connectivity index (χ3n) is 3.71. The van der Waals surface area contributed by atoms with Crippen molar-refractivity contribution >= 4 is 46.1 Å². The molecule has 26 heavy (non-hydrogen) atoms. The molecule has 1 saturated heterocycles. The Bertz CT molecular complexity index is 856. The fraction of sp³-hybridized carbons (Fsp3) is 0.167. The maximum absolute atomic E-state index is 13.1. The van der Waals surface area contributed by atoms with E-state index in [9.17, 15) is 19.1 Å². The summed E-state index contributed by atoms with van der Waals surface area (Å²) in [4.78, 5) is 29.5. The number of thioether (sulfide) groups is 1. The first-order chi connectivity index (χ1) is 12.4. The Morgan fingerprint density at radius 3 is 2.50 bits per heavy atom. The largest absolute Gasteiger partial charge is 0.549 e. The second kappa shape index (κ2) is 7.88. The van der Waals surface area contributed by atoms with Gasteiger partial charge in [-0.2, -0.15) is 0 Å². The average molecular weight is 392 g/mol. The molecule has 1 atom stereocenters. The molecular formula is C18H13ClFN2O3S-. The predicted octanol–water partition coefficient (Wildman–Crippen LogP) is 2.75. The highest BCUT2D eigenvalue weighted by Crippen LogP contribution is 2.30. The molecule has 0 unspecified atom stereocenters. The van der Waals surface area contributed by atoms with E-state index < -0.39 is 17.0 Å². The zero-order valence-corrected chi connectivity index (χ0v) is 15.0. The van der Waals surface area contributed by atoms with Crippen molar-refractivity contribution < 1.29 is 19.1 Å². The molecule has 0 bridgehead atoms. The Balaban J connectivity index is 1.92. The van der Waals surface area contributed by atoms with Crippen molar-refractivity contribution in [2.45, 2.75) is 18.2 Å². The van der Waals surface area contributed by atoms with Gasteiger partial charge in [0.1, 0.15) is 5.82 Å². The molecule has 0 saturated carbocycles. The number of carbonyl (C=O) groups excluding carboxylic acids is 2. The highest BCUT2D eigenvalue weighted by atomic mass is 35.5. The van der Waals surface area contributed by atoms with Gasteiger partial charge in [-0.05, 0) is 42.0 Å². The molecule has 8 heteroatoms. The van der Waals surface area contributed by atoms with Gasteiger partial charge < -0.3 is 9.90 Å². The number of rotatable bonds is 4. The molecule has 0 aromatic heterocycles. The number of carbonyl (C=O) groups is 2. The highest BCUT2D eigenvalue weighted by Gasteiger charge is 2.32. The summed E-state index contributed by atoms with van der Waals surface area (Å²) in [5.41, 5.74) is 1.24. The number of halogens is 2. The quantitative estimate of drug-likeness (QED) is 0.803. The summed E-state index contributed by atoms with van der Waals surface area (Å²) in [6.07, 6.45) is -0.178. The van der Waals surface area contributed by atoms with Gasteiger partial charge in [0.05, 0.1) is 23.5 Å². The monoisotopic (exact) mass is 391 g/mol. The lowest BCUT2D eigenvalue weighted by Crippen LogP contribution is -2.47. The van der Waals surface area contributed by atoms with Crippen molar-refractivity contribution in [2.75, 3.05) is 0 Å². The van der Waals surface area contributed by atoms with E-state index >= 15 is 0 Å². The van der Waals surface area contributed by atoms with Crippen LogP contribution in [-0.2, 0) is 16.1 Å². The molecule has 5 nitrogen and oxygen atoms in total. The summed E-state index contributed by atoms with van der Waals surface area (Å²) < 4.78 is 13.1. The van der Waals surface area contributed by atoms with E-state index in [-0.39, 0.29) is 24.0 Å². The number of carboxylic acids is 1. The van der Waals surface area contributed by atoms with Gasteiger partial charge in [-0.15, -0.1) is 0 Å². The lowest BCUT2D eigenvalue weighted by atomic mass is 10.2. The van der Waals surface area contributed by atoms with E-state index in [4.69, 9.17) is 11.6 Å². The molecule has 1 heterocycles. The molecule has 0 aliphatic carbocycles. The molecule has 2 aromatic rings. The Hall–Kier alpha value is -2.38. The number of aliphatic carboxylic acids is 1. The predicted molar refractivity (Wildman–Crippen MR) is 96.5 cm³/mol. The number of hydrogen-bond acceptors (Lipinski definition) is 5. The normalized spacial score (nSPS) is 19.0. The molecular weight excluding hydrogens is 379 g/mol. The van der Waals surface area contributed by atoms with Crippen LogP contribution < -0.4 is 5.11 Å². The molecule has 0 spiro atoms. The van der Waals surface area contributed by atoms with Crippen LogP contribution in [0.2, 0.25) is 5.02 Å². The Kier molecular flexibility index (Phi) is 5.58. The smallest absolute Gasteiger partial charge is 0.230 e. The highest BCUT2D eigenvalue weighted by molar-refractivity contribution is 8.15. The van der Waals surface area contributed by atoms with Crippen molar-refractivity contribution in [2.24, 2.45) is 4.99 Å². The third-order valence-corrected chi connectivity index (χ3v) is 5.13. The van der Waals surface area contributed by atoms with Crippen LogP contribution in [0.1, 0.15) is 12.0 Å². The van der Waals surface area contributed by atoms with Gasteiger partial charge in [-0.25, -0.2) is 9.38 Å². The van der Waals surface area contributed by atoms with E-state index in [1.165, 1.54) is 29.2 Å². The van der Waals surface area contributed by atoms with E-state index in [0.29, 0.717) is 10.7 Å². The second-order valence-corrected chi connectivity index (χ2v) is 7.21. The summed E-state index contributed by atoms with van der Waals surface area (Å²) in [5, 5.41) is 11.0. The Morgan fingerprint density at radius 1 is 1.23 bits per heavy atom. The van der Waals surface area contributed by atoms with Gasteiger partial charge in [0, 0.05) is 11.4 Å². The number of aliphatic imine (C=N–C) groups is 1. The van der Waals surface area contributed by atoms with Gasteiger partial charge in [0.25, 0.3) is 0 Å². The molecule has 0 radical (unpaired) electrons. The molecule has 3 rings (SSSR count). The van der Waals surface area contributed by atoms with Gasteiger partial charge in [0.15, 0.2) is 5.17 Å². The van der Waals surface area contributed by atoms with E-state index in [1.54, 1.807) is 24.3 Å². The maximum Gasteiger partial charge on any atom is 0.230 e. The molecule has 2 aromatic carbocycles. The lowest BCUT2D eigenvalue weighted by molar-refractivity contribution is -0.304. The van der Waals surface area contributed by atoms with E-state index in [0.717, 1.165) is 17.3 Å². The fourth-order valence-electron chi connectivity index (χ4n) is 2.38. The fourth-order valence-corrected chi connectivity index (χ4v) is 3.53. The van der Waals surface area contributed by atoms with Crippen molar-refractivity contribution in [1.82, 2.24) is 4.90 Å². The van der Waals surface area contributed by atoms with Gasteiger partial charge in [0.2, 0.25) is 5.91 Å². The molecule has 1 aliphatic heterocycles. The number of benzene rings is 2. The molecule has 0 N–H and O–H groups in total. The first-order valence-electron chi connectivity index (χ1n) is 7.69. The SMILES string of the molecule is O=C([O-])[C@@H]1CC(=O)N(Cc2ccc(Cl)cc2)C(=Nc2ccc(F)cc2)S1. The number of hydrogen-bond donors (Lipinski definition) is 0. The zero-order valence-electron chi connectivity index (χ0n) is 13.4. The van der Waals surface area contributed by atoms with Crippen molar-refractivity contribution in [3.05, 3.63) is 64.9 Å². The summed E-state index contributed by atoms with van der Waals surface area (Å²) in [6.45, 7) is 0.225. The summed E-state index contributed by atoms with van der Waals surface area (Å²) in [6, 6.07) is 12.4. The van der Waals surface area contributed by atoms with Crippen molar-refractivity contribution in [3.63, 3.8) is 0 Å². The zero-order chi connectivity index (χ0) is 18.7. The van der Waals surface area contributed by atoms with Crippen LogP contribution in [0.25, 0.3) is 0 Å². The van der Waals surface area contributed by atoms with Crippen LogP contribution >= 0.6 is 23.4 Å². The third kappa shape index (κ3) is 4.42. The first-order valence-corrected chi connectivity index (χ1v) is 8.95. The summed E-state index contributed by atoms with van der Waals surface area (Å²) >= 11 is 6.82. The Labute approximate surface area is 158 Å². The number of amides is 1. The van der Waals surface area contributed by atoms with Gasteiger partial charge in [-0.1, -0.05) is 35.5 Å². The first kappa shape index (κ1) is 18.4. The topological polar surface area (TPSA) is 72.8 Å². The maximum atomic E-state index is 13.1. The van der Waals surface area contributed by atoms with Crippen molar-refractivity contribution in [1.29, 1.82) is 0 Å². The van der Waals surface area contributed by atoms with Crippen LogP contribution in [0, 0.1) is 5.82 Å². The minimum Gasteiger partial charge on any atom is -0.549 e. The molecule has 1 aliphatic rings. The average Bonchev–Trinajstić information content (AvgIpc) is 2.61. The number of nitrogens with zero attached hydrogens (tertiary/aromatic N) is 2. The minimum absolute atomic E-state index is 0.178. The second-order valence-electron chi connectivity index (χ2n) is 5.61. The van der Waals surface area contributed by atoms with Crippen LogP contribution in [0.5, 0.6) is 0 Å². The Morgan fingerprint density at radius 2 is 1.88 bits per heavy atom.